The van der Waals surface area contributed by atoms with Gasteiger partial charge in [0.25, 0.3) is 0 Å². The van der Waals surface area contributed by atoms with Gasteiger partial charge in [-0.1, -0.05) is 44.0 Å². The molecule has 0 heterocycles. The second-order valence-electron chi connectivity index (χ2n) is 6.08. The molecule has 3 heteroatoms. The lowest BCUT2D eigenvalue weighted by Gasteiger charge is -2.17. The maximum Gasteiger partial charge on any atom is 0.313 e. The maximum absolute atomic E-state index is 12.3. The van der Waals surface area contributed by atoms with Crippen molar-refractivity contribution in [3.63, 3.8) is 0 Å². The lowest BCUT2D eigenvalue weighted by atomic mass is 9.97. The fourth-order valence-electron chi connectivity index (χ4n) is 2.63. The van der Waals surface area contributed by atoms with Gasteiger partial charge in [-0.15, -0.1) is 0 Å². The number of rotatable bonds is 7. The van der Waals surface area contributed by atoms with Crippen LogP contribution >= 0.6 is 0 Å². The Kier molecular flexibility index (Phi) is 6.03. The number of carbonyl (C=O) groups is 1. The molecule has 0 N–H and O–H groups in total. The summed E-state index contributed by atoms with van der Waals surface area (Å²) in [6.07, 6.45) is 3.10. The number of hydrogen-bond acceptors (Lipinski definition) is 3. The van der Waals surface area contributed by atoms with Crippen LogP contribution in [0.15, 0.2) is 36.4 Å². The van der Waals surface area contributed by atoms with Gasteiger partial charge < -0.3 is 9.47 Å². The molecule has 0 aliphatic rings. The van der Waals surface area contributed by atoms with Crippen molar-refractivity contribution in [1.82, 2.24) is 0 Å². The number of hydrogen-bond donors (Lipinski definition) is 0. The Hall–Kier alpha value is -2.03. The zero-order valence-electron chi connectivity index (χ0n) is 14.5. The molecule has 23 heavy (non-hydrogen) atoms. The molecular formula is C20H26O3. The smallest absolute Gasteiger partial charge is 0.313 e. The van der Waals surface area contributed by atoms with Crippen molar-refractivity contribution < 1.29 is 14.3 Å². The molecular weight excluding hydrogens is 288 g/mol. The van der Waals surface area contributed by atoms with Crippen molar-refractivity contribution in [2.75, 3.05) is 7.11 Å². The zero-order chi connectivity index (χ0) is 16.8. The molecule has 0 amide bonds. The SMILES string of the molecule is CCCC[C@H](C)OC(=O)[C@@H](C)c1ccc2cc(OC)ccc2c1. The molecule has 0 radical (unpaired) electrons. The lowest BCUT2D eigenvalue weighted by Crippen LogP contribution is -2.19. The van der Waals surface area contributed by atoms with Gasteiger partial charge in [-0.3, -0.25) is 4.79 Å². The summed E-state index contributed by atoms with van der Waals surface area (Å²) in [4.78, 5) is 12.3. The predicted octanol–water partition coefficient (Wildman–Crippen LogP) is 5.07. The molecule has 2 aromatic carbocycles. The Morgan fingerprint density at radius 1 is 1.09 bits per heavy atom. The van der Waals surface area contributed by atoms with Crippen molar-refractivity contribution in [2.24, 2.45) is 0 Å². The molecule has 2 rings (SSSR count). The second-order valence-corrected chi connectivity index (χ2v) is 6.08. The third-order valence-corrected chi connectivity index (χ3v) is 4.21. The first-order chi connectivity index (χ1) is 11.0. The topological polar surface area (TPSA) is 35.5 Å². The number of benzene rings is 2. The van der Waals surface area contributed by atoms with Crippen molar-refractivity contribution in [3.05, 3.63) is 42.0 Å². The van der Waals surface area contributed by atoms with Crippen LogP contribution in [0.1, 0.15) is 51.5 Å². The number of esters is 1. The lowest BCUT2D eigenvalue weighted by molar-refractivity contribution is -0.150. The molecule has 0 saturated heterocycles. The molecule has 0 saturated carbocycles. The van der Waals surface area contributed by atoms with Gasteiger partial charge in [-0.05, 0) is 48.7 Å². The largest absolute Gasteiger partial charge is 0.497 e. The van der Waals surface area contributed by atoms with Crippen LogP contribution in [0.3, 0.4) is 0 Å². The van der Waals surface area contributed by atoms with E-state index in [0.717, 1.165) is 41.3 Å². The quantitative estimate of drug-likeness (QED) is 0.669. The minimum absolute atomic E-state index is 0.0189. The fraction of sp³-hybridized carbons (Fsp3) is 0.450. The number of fused-ring (bicyclic) bond motifs is 1. The molecule has 0 unspecified atom stereocenters. The van der Waals surface area contributed by atoms with E-state index in [1.54, 1.807) is 7.11 Å². The van der Waals surface area contributed by atoms with E-state index in [9.17, 15) is 4.79 Å². The van der Waals surface area contributed by atoms with Crippen molar-refractivity contribution in [2.45, 2.75) is 52.1 Å². The van der Waals surface area contributed by atoms with E-state index in [1.807, 2.05) is 44.2 Å². The van der Waals surface area contributed by atoms with E-state index in [1.165, 1.54) is 0 Å². The van der Waals surface area contributed by atoms with Crippen LogP contribution < -0.4 is 4.74 Å². The van der Waals surface area contributed by atoms with Crippen LogP contribution in [0, 0.1) is 0 Å². The van der Waals surface area contributed by atoms with E-state index in [-0.39, 0.29) is 18.0 Å². The summed E-state index contributed by atoms with van der Waals surface area (Å²) < 4.78 is 10.8. The van der Waals surface area contributed by atoms with Gasteiger partial charge in [-0.2, -0.15) is 0 Å². The average Bonchev–Trinajstić information content (AvgIpc) is 2.58. The van der Waals surface area contributed by atoms with Gasteiger partial charge in [0.1, 0.15) is 5.75 Å². The van der Waals surface area contributed by atoms with Crippen molar-refractivity contribution in [1.29, 1.82) is 0 Å². The van der Waals surface area contributed by atoms with Gasteiger partial charge in [0.15, 0.2) is 0 Å². The Labute approximate surface area is 138 Å². The van der Waals surface area contributed by atoms with Crippen molar-refractivity contribution >= 4 is 16.7 Å². The molecule has 124 valence electrons. The summed E-state index contributed by atoms with van der Waals surface area (Å²) in [7, 11) is 1.66. The van der Waals surface area contributed by atoms with E-state index in [0.29, 0.717) is 0 Å². The van der Waals surface area contributed by atoms with E-state index in [2.05, 4.69) is 13.0 Å². The maximum atomic E-state index is 12.3. The molecule has 0 bridgehead atoms. The summed E-state index contributed by atoms with van der Waals surface area (Å²) in [6.45, 7) is 6.01. The predicted molar refractivity (Wildman–Crippen MR) is 94.0 cm³/mol. The number of ether oxygens (including phenoxy) is 2. The number of carbonyl (C=O) groups excluding carboxylic acids is 1. The van der Waals surface area contributed by atoms with E-state index in [4.69, 9.17) is 9.47 Å². The van der Waals surface area contributed by atoms with Crippen LogP contribution in [0.5, 0.6) is 5.75 Å². The van der Waals surface area contributed by atoms with Gasteiger partial charge in [0.05, 0.1) is 19.1 Å². The van der Waals surface area contributed by atoms with E-state index >= 15 is 0 Å². The summed E-state index contributed by atoms with van der Waals surface area (Å²) in [5.74, 6) is 0.425. The first kappa shape index (κ1) is 17.3. The third-order valence-electron chi connectivity index (χ3n) is 4.21. The third kappa shape index (κ3) is 4.47. The minimum Gasteiger partial charge on any atom is -0.497 e. The van der Waals surface area contributed by atoms with Crippen LogP contribution in [0.25, 0.3) is 10.8 Å². The molecule has 0 aliphatic carbocycles. The highest BCUT2D eigenvalue weighted by Crippen LogP contribution is 2.26. The van der Waals surface area contributed by atoms with Crippen LogP contribution in [-0.2, 0) is 9.53 Å². The Morgan fingerprint density at radius 3 is 2.48 bits per heavy atom. The molecule has 0 aromatic heterocycles. The molecule has 0 fully saturated rings. The highest BCUT2D eigenvalue weighted by Gasteiger charge is 2.19. The molecule has 2 aromatic rings. The highest BCUT2D eigenvalue weighted by atomic mass is 16.5. The number of unbranched alkanes of at least 4 members (excludes halogenated alkanes) is 1. The summed E-state index contributed by atoms with van der Waals surface area (Å²) >= 11 is 0. The van der Waals surface area contributed by atoms with E-state index < -0.39 is 0 Å². The Balaban J connectivity index is 2.10. The zero-order valence-corrected chi connectivity index (χ0v) is 14.5. The number of methoxy groups -OCH3 is 1. The molecule has 0 aliphatic heterocycles. The van der Waals surface area contributed by atoms with Crippen LogP contribution in [0.4, 0.5) is 0 Å². The molecule has 0 spiro atoms. The van der Waals surface area contributed by atoms with Gasteiger partial charge in [-0.25, -0.2) is 0 Å². The minimum atomic E-state index is -0.259. The first-order valence-electron chi connectivity index (χ1n) is 8.33. The monoisotopic (exact) mass is 314 g/mol. The summed E-state index contributed by atoms with van der Waals surface area (Å²) in [6, 6.07) is 12.0. The standard InChI is InChI=1S/C20H26O3/c1-5-6-7-14(2)23-20(21)15(3)16-8-9-18-13-19(22-4)11-10-17(18)12-16/h8-15H,5-7H2,1-4H3/t14-,15-/m0/s1. The van der Waals surface area contributed by atoms with Crippen molar-refractivity contribution in [3.8, 4) is 5.75 Å². The highest BCUT2D eigenvalue weighted by molar-refractivity contribution is 5.86. The van der Waals surface area contributed by atoms with Gasteiger partial charge in [0.2, 0.25) is 0 Å². The second kappa shape index (κ2) is 8.00. The average molecular weight is 314 g/mol. The van der Waals surface area contributed by atoms with Crippen LogP contribution in [0.2, 0.25) is 0 Å². The normalized spacial score (nSPS) is 13.6. The first-order valence-corrected chi connectivity index (χ1v) is 8.33. The Bertz CT molecular complexity index is 663. The summed E-state index contributed by atoms with van der Waals surface area (Å²) in [5, 5.41) is 2.20. The van der Waals surface area contributed by atoms with Gasteiger partial charge in [0, 0.05) is 0 Å². The molecule has 3 nitrogen and oxygen atoms in total. The fourth-order valence-corrected chi connectivity index (χ4v) is 2.63. The Morgan fingerprint density at radius 2 is 1.78 bits per heavy atom. The van der Waals surface area contributed by atoms with Crippen LogP contribution in [-0.4, -0.2) is 19.2 Å². The molecule has 2 atom stereocenters. The summed E-state index contributed by atoms with van der Waals surface area (Å²) in [5.41, 5.74) is 0.982. The van der Waals surface area contributed by atoms with Gasteiger partial charge >= 0.3 is 5.97 Å².